The lowest BCUT2D eigenvalue weighted by Gasteiger charge is -2.08. The fraction of sp³-hybridized carbons (Fsp3) is 0.0667. The predicted molar refractivity (Wildman–Crippen MR) is 79.1 cm³/mol. The van der Waals surface area contributed by atoms with Crippen LogP contribution in [-0.4, -0.2) is 24.6 Å². The number of halogens is 1. The van der Waals surface area contributed by atoms with E-state index in [2.05, 4.69) is 9.97 Å². The normalized spacial score (nSPS) is 11.5. The lowest BCUT2D eigenvalue weighted by atomic mass is 10.2. The Morgan fingerprint density at radius 1 is 1.09 bits per heavy atom. The first-order valence-electron chi connectivity index (χ1n) is 6.32. The van der Waals surface area contributed by atoms with Crippen LogP contribution in [0.15, 0.2) is 53.7 Å². The SMILES string of the molecule is CS(=O)(=O)c1cccc(Oc2ncnc3ccc(F)cc23)c1. The molecule has 112 valence electrons. The second-order valence-corrected chi connectivity index (χ2v) is 6.71. The van der Waals surface area contributed by atoms with Gasteiger partial charge in [0, 0.05) is 6.26 Å². The first kappa shape index (κ1) is 14.4. The van der Waals surface area contributed by atoms with Crippen molar-refractivity contribution in [3.63, 3.8) is 0 Å². The van der Waals surface area contributed by atoms with Crippen LogP contribution in [0.3, 0.4) is 0 Å². The monoisotopic (exact) mass is 318 g/mol. The van der Waals surface area contributed by atoms with E-state index in [-0.39, 0.29) is 10.8 Å². The molecule has 0 saturated heterocycles. The fourth-order valence-corrected chi connectivity index (χ4v) is 2.62. The molecule has 2 aromatic carbocycles. The summed E-state index contributed by atoms with van der Waals surface area (Å²) in [4.78, 5) is 8.15. The van der Waals surface area contributed by atoms with E-state index in [9.17, 15) is 12.8 Å². The van der Waals surface area contributed by atoms with Gasteiger partial charge in [-0.15, -0.1) is 0 Å². The molecule has 0 fully saturated rings. The van der Waals surface area contributed by atoms with Crippen molar-refractivity contribution in [2.75, 3.05) is 6.26 Å². The van der Waals surface area contributed by atoms with E-state index in [0.29, 0.717) is 16.7 Å². The molecule has 0 aliphatic heterocycles. The standard InChI is InChI=1S/C15H11FN2O3S/c1-22(19,20)12-4-2-3-11(8-12)21-15-13-7-10(16)5-6-14(13)17-9-18-15/h2-9H,1H3. The Hall–Kier alpha value is -2.54. The molecule has 0 amide bonds. The molecule has 0 atom stereocenters. The topological polar surface area (TPSA) is 69.2 Å². The molecule has 1 aromatic heterocycles. The molecule has 7 heteroatoms. The van der Waals surface area contributed by atoms with Crippen molar-refractivity contribution in [3.05, 3.63) is 54.6 Å². The van der Waals surface area contributed by atoms with Gasteiger partial charge in [-0.25, -0.2) is 22.8 Å². The van der Waals surface area contributed by atoms with Crippen molar-refractivity contribution >= 4 is 20.7 Å². The zero-order valence-electron chi connectivity index (χ0n) is 11.5. The van der Waals surface area contributed by atoms with Gasteiger partial charge in [-0.1, -0.05) is 6.07 Å². The minimum absolute atomic E-state index is 0.134. The number of fused-ring (bicyclic) bond motifs is 1. The first-order valence-corrected chi connectivity index (χ1v) is 8.21. The van der Waals surface area contributed by atoms with Gasteiger partial charge in [0.2, 0.25) is 5.88 Å². The molecule has 3 rings (SSSR count). The highest BCUT2D eigenvalue weighted by molar-refractivity contribution is 7.90. The van der Waals surface area contributed by atoms with Crippen LogP contribution in [-0.2, 0) is 9.84 Å². The maximum atomic E-state index is 13.4. The van der Waals surface area contributed by atoms with Crippen LogP contribution in [0.2, 0.25) is 0 Å². The summed E-state index contributed by atoms with van der Waals surface area (Å²) in [6.07, 6.45) is 2.41. The van der Waals surface area contributed by atoms with Gasteiger partial charge in [0.15, 0.2) is 9.84 Å². The molecule has 22 heavy (non-hydrogen) atoms. The summed E-state index contributed by atoms with van der Waals surface area (Å²) in [7, 11) is -3.34. The van der Waals surface area contributed by atoms with Crippen LogP contribution in [0, 0.1) is 5.82 Å². The number of sulfone groups is 1. The fourth-order valence-electron chi connectivity index (χ4n) is 1.97. The molecule has 0 aliphatic rings. The number of rotatable bonds is 3. The zero-order chi connectivity index (χ0) is 15.7. The maximum absolute atomic E-state index is 13.4. The summed E-state index contributed by atoms with van der Waals surface area (Å²) in [5.74, 6) is 0.0272. The predicted octanol–water partition coefficient (Wildman–Crippen LogP) is 2.96. The van der Waals surface area contributed by atoms with E-state index in [1.807, 2.05) is 0 Å². The maximum Gasteiger partial charge on any atom is 0.230 e. The molecule has 0 spiro atoms. The van der Waals surface area contributed by atoms with Crippen molar-refractivity contribution in [3.8, 4) is 11.6 Å². The average molecular weight is 318 g/mol. The van der Waals surface area contributed by atoms with E-state index in [4.69, 9.17) is 4.74 Å². The van der Waals surface area contributed by atoms with Crippen LogP contribution in [0.25, 0.3) is 10.9 Å². The molecule has 0 unspecified atom stereocenters. The Labute approximate surface area is 126 Å². The van der Waals surface area contributed by atoms with E-state index < -0.39 is 15.7 Å². The van der Waals surface area contributed by atoms with E-state index in [1.165, 1.54) is 36.7 Å². The van der Waals surface area contributed by atoms with Gasteiger partial charge in [0.05, 0.1) is 15.8 Å². The van der Waals surface area contributed by atoms with Crippen LogP contribution in [0.5, 0.6) is 11.6 Å². The molecule has 0 bridgehead atoms. The van der Waals surface area contributed by atoms with Crippen molar-refractivity contribution in [1.82, 2.24) is 9.97 Å². The van der Waals surface area contributed by atoms with Gasteiger partial charge < -0.3 is 4.74 Å². The zero-order valence-corrected chi connectivity index (χ0v) is 12.3. The number of hydrogen-bond donors (Lipinski definition) is 0. The number of hydrogen-bond acceptors (Lipinski definition) is 5. The molecule has 1 heterocycles. The first-order chi connectivity index (χ1) is 10.4. The summed E-state index contributed by atoms with van der Waals surface area (Å²) >= 11 is 0. The number of ether oxygens (including phenoxy) is 1. The summed E-state index contributed by atoms with van der Waals surface area (Å²) in [6.45, 7) is 0. The summed E-state index contributed by atoms with van der Waals surface area (Å²) in [5, 5.41) is 0.409. The summed E-state index contributed by atoms with van der Waals surface area (Å²) in [5.41, 5.74) is 0.533. The molecular weight excluding hydrogens is 307 g/mol. The summed E-state index contributed by atoms with van der Waals surface area (Å²) in [6, 6.07) is 10.1. The summed E-state index contributed by atoms with van der Waals surface area (Å²) < 4.78 is 42.1. The lowest BCUT2D eigenvalue weighted by molar-refractivity contribution is 0.466. The van der Waals surface area contributed by atoms with Crippen molar-refractivity contribution in [2.45, 2.75) is 4.90 Å². The minimum atomic E-state index is -3.34. The third-order valence-corrected chi connectivity index (χ3v) is 4.12. The molecule has 0 aliphatic carbocycles. The van der Waals surface area contributed by atoms with Crippen LogP contribution in [0.4, 0.5) is 4.39 Å². The van der Waals surface area contributed by atoms with Crippen molar-refractivity contribution in [1.29, 1.82) is 0 Å². The van der Waals surface area contributed by atoms with Gasteiger partial charge in [-0.2, -0.15) is 0 Å². The number of aromatic nitrogens is 2. The van der Waals surface area contributed by atoms with Gasteiger partial charge in [-0.05, 0) is 36.4 Å². The van der Waals surface area contributed by atoms with E-state index >= 15 is 0 Å². The highest BCUT2D eigenvalue weighted by Crippen LogP contribution is 2.28. The van der Waals surface area contributed by atoms with Crippen molar-refractivity contribution in [2.24, 2.45) is 0 Å². The molecule has 0 N–H and O–H groups in total. The van der Waals surface area contributed by atoms with Crippen LogP contribution in [0.1, 0.15) is 0 Å². The minimum Gasteiger partial charge on any atom is -0.438 e. The molecule has 0 radical (unpaired) electrons. The van der Waals surface area contributed by atoms with Crippen LogP contribution < -0.4 is 4.74 Å². The Morgan fingerprint density at radius 3 is 2.68 bits per heavy atom. The highest BCUT2D eigenvalue weighted by Gasteiger charge is 2.11. The van der Waals surface area contributed by atoms with E-state index in [0.717, 1.165) is 6.26 Å². The second-order valence-electron chi connectivity index (χ2n) is 4.69. The molecule has 3 aromatic rings. The molecular formula is C15H11FN2O3S. The number of nitrogens with zero attached hydrogens (tertiary/aromatic N) is 2. The van der Waals surface area contributed by atoms with Gasteiger partial charge in [0.1, 0.15) is 17.9 Å². The third-order valence-electron chi connectivity index (χ3n) is 3.01. The Morgan fingerprint density at radius 2 is 1.91 bits per heavy atom. The average Bonchev–Trinajstić information content (AvgIpc) is 2.47. The van der Waals surface area contributed by atoms with Crippen molar-refractivity contribution < 1.29 is 17.5 Å². The smallest absolute Gasteiger partial charge is 0.230 e. The largest absolute Gasteiger partial charge is 0.438 e. The van der Waals surface area contributed by atoms with E-state index in [1.54, 1.807) is 12.1 Å². The quantitative estimate of drug-likeness (QED) is 0.742. The molecule has 0 saturated carbocycles. The van der Waals surface area contributed by atoms with Gasteiger partial charge in [0.25, 0.3) is 0 Å². The Balaban J connectivity index is 2.05. The Kier molecular flexibility index (Phi) is 3.50. The van der Waals surface area contributed by atoms with Gasteiger partial charge >= 0.3 is 0 Å². The number of benzene rings is 2. The second kappa shape index (κ2) is 5.34. The molecule has 5 nitrogen and oxygen atoms in total. The third kappa shape index (κ3) is 2.89. The van der Waals surface area contributed by atoms with Crippen LogP contribution >= 0.6 is 0 Å². The van der Waals surface area contributed by atoms with Gasteiger partial charge in [-0.3, -0.25) is 0 Å². The highest BCUT2D eigenvalue weighted by atomic mass is 32.2. The lowest BCUT2D eigenvalue weighted by Crippen LogP contribution is -1.98. The Bertz CT molecular complexity index is 958.